The van der Waals surface area contributed by atoms with Gasteiger partial charge in [-0.15, -0.1) is 0 Å². The van der Waals surface area contributed by atoms with Crippen molar-refractivity contribution in [3.8, 4) is 0 Å². The van der Waals surface area contributed by atoms with E-state index in [0.717, 1.165) is 12.8 Å². The fourth-order valence-electron chi connectivity index (χ4n) is 3.37. The molecule has 0 bridgehead atoms. The predicted molar refractivity (Wildman–Crippen MR) is 98.7 cm³/mol. The molecular formula is C19H29N3O3. The lowest BCUT2D eigenvalue weighted by molar-refractivity contribution is -0.116. The van der Waals surface area contributed by atoms with Gasteiger partial charge >= 0.3 is 0 Å². The highest BCUT2D eigenvalue weighted by atomic mass is 16.5. The van der Waals surface area contributed by atoms with E-state index < -0.39 is 0 Å². The third-order valence-electron chi connectivity index (χ3n) is 4.63. The normalized spacial score (nSPS) is 16.0. The smallest absolute Gasteiger partial charge is 0.251 e. The van der Waals surface area contributed by atoms with Crippen LogP contribution in [0.3, 0.4) is 0 Å². The van der Waals surface area contributed by atoms with Crippen LogP contribution in [0.4, 0.5) is 5.69 Å². The molecule has 0 spiro atoms. The number of nitrogens with zero attached hydrogens (tertiary/aromatic N) is 1. The third kappa shape index (κ3) is 5.83. The van der Waals surface area contributed by atoms with Crippen molar-refractivity contribution in [2.24, 2.45) is 5.41 Å². The van der Waals surface area contributed by atoms with Crippen LogP contribution in [-0.2, 0) is 9.53 Å². The fourth-order valence-corrected chi connectivity index (χ4v) is 3.37. The first kappa shape index (κ1) is 19.4. The second-order valence-corrected chi connectivity index (χ2v) is 7.19. The van der Waals surface area contributed by atoms with Crippen LogP contribution >= 0.6 is 0 Å². The number of hydrogen-bond acceptors (Lipinski definition) is 4. The summed E-state index contributed by atoms with van der Waals surface area (Å²) < 4.78 is 5.35. The first-order valence-electron chi connectivity index (χ1n) is 8.76. The van der Waals surface area contributed by atoms with Gasteiger partial charge in [0.2, 0.25) is 5.91 Å². The number of benzene rings is 1. The Bertz CT molecular complexity index is 578. The number of carbonyl (C=O) groups excluding carboxylic acids is 2. The molecule has 1 aromatic carbocycles. The van der Waals surface area contributed by atoms with E-state index in [4.69, 9.17) is 4.74 Å². The van der Waals surface area contributed by atoms with Gasteiger partial charge in [-0.3, -0.25) is 9.59 Å². The van der Waals surface area contributed by atoms with Crippen LogP contribution in [0.1, 0.15) is 36.0 Å². The lowest BCUT2D eigenvalue weighted by atomic mass is 9.87. The number of carbonyl (C=O) groups is 2. The minimum absolute atomic E-state index is 0.0739. The molecule has 0 radical (unpaired) electrons. The van der Waals surface area contributed by atoms with E-state index in [0.29, 0.717) is 30.9 Å². The van der Waals surface area contributed by atoms with Crippen molar-refractivity contribution in [1.29, 1.82) is 0 Å². The molecule has 138 valence electrons. The Morgan fingerprint density at radius 3 is 2.36 bits per heavy atom. The van der Waals surface area contributed by atoms with E-state index in [2.05, 4.69) is 10.6 Å². The van der Waals surface area contributed by atoms with E-state index in [9.17, 15) is 9.59 Å². The minimum Gasteiger partial charge on any atom is -0.384 e. The molecule has 6 heteroatoms. The quantitative estimate of drug-likeness (QED) is 0.756. The van der Waals surface area contributed by atoms with Gasteiger partial charge in [0.1, 0.15) is 0 Å². The molecule has 0 unspecified atom stereocenters. The van der Waals surface area contributed by atoms with E-state index >= 15 is 0 Å². The lowest BCUT2D eigenvalue weighted by Crippen LogP contribution is -2.38. The highest BCUT2D eigenvalue weighted by Crippen LogP contribution is 2.37. The van der Waals surface area contributed by atoms with Crippen molar-refractivity contribution in [2.45, 2.75) is 25.7 Å². The maximum Gasteiger partial charge on any atom is 0.251 e. The van der Waals surface area contributed by atoms with Gasteiger partial charge in [0.15, 0.2) is 0 Å². The van der Waals surface area contributed by atoms with Gasteiger partial charge in [-0.2, -0.15) is 0 Å². The average Bonchev–Trinajstić information content (AvgIpc) is 3.02. The van der Waals surface area contributed by atoms with Crippen molar-refractivity contribution in [3.63, 3.8) is 0 Å². The summed E-state index contributed by atoms with van der Waals surface area (Å²) in [6.45, 7) is 1.65. The largest absolute Gasteiger partial charge is 0.384 e. The number of ether oxygens (including phenoxy) is 1. The molecule has 0 aromatic heterocycles. The van der Waals surface area contributed by atoms with Crippen molar-refractivity contribution in [2.75, 3.05) is 46.2 Å². The van der Waals surface area contributed by atoms with E-state index in [1.165, 1.54) is 12.8 Å². The highest BCUT2D eigenvalue weighted by Gasteiger charge is 2.34. The van der Waals surface area contributed by atoms with Crippen LogP contribution in [0.15, 0.2) is 24.3 Å². The summed E-state index contributed by atoms with van der Waals surface area (Å²) in [5, 5.41) is 5.85. The van der Waals surface area contributed by atoms with E-state index in [-0.39, 0.29) is 17.2 Å². The van der Waals surface area contributed by atoms with Crippen LogP contribution in [0, 0.1) is 5.41 Å². The summed E-state index contributed by atoms with van der Waals surface area (Å²) in [4.78, 5) is 25.9. The van der Waals surface area contributed by atoms with Crippen molar-refractivity contribution in [3.05, 3.63) is 29.8 Å². The summed E-state index contributed by atoms with van der Waals surface area (Å²) in [7, 11) is 5.40. The number of methoxy groups -OCH3 is 1. The number of nitrogens with one attached hydrogen (secondary N) is 2. The minimum atomic E-state index is -0.0893. The van der Waals surface area contributed by atoms with Crippen LogP contribution in [0.25, 0.3) is 0 Å². The van der Waals surface area contributed by atoms with Gasteiger partial charge < -0.3 is 20.3 Å². The maximum absolute atomic E-state index is 12.4. The Labute approximate surface area is 149 Å². The number of likely N-dealkylation sites (N-methyl/N-ethyl adjacent to an activating group) is 1. The van der Waals surface area contributed by atoms with Gasteiger partial charge in [0.25, 0.3) is 5.91 Å². The Morgan fingerprint density at radius 2 is 1.80 bits per heavy atom. The summed E-state index contributed by atoms with van der Waals surface area (Å²) in [5.74, 6) is -0.168. The SMILES string of the molecule is COCC1(CNC(=O)c2ccc(NC(=O)CN(C)C)cc2)CCCC1. The first-order chi connectivity index (χ1) is 11.9. The van der Waals surface area contributed by atoms with Crippen molar-refractivity contribution in [1.82, 2.24) is 10.2 Å². The molecule has 2 amide bonds. The topological polar surface area (TPSA) is 70.7 Å². The molecule has 1 aliphatic carbocycles. The number of hydrogen-bond donors (Lipinski definition) is 2. The molecule has 0 aliphatic heterocycles. The van der Waals surface area contributed by atoms with Gasteiger partial charge in [0, 0.05) is 30.3 Å². The molecule has 1 fully saturated rings. The molecular weight excluding hydrogens is 318 g/mol. The molecule has 1 saturated carbocycles. The van der Waals surface area contributed by atoms with Gasteiger partial charge in [-0.05, 0) is 51.2 Å². The van der Waals surface area contributed by atoms with Crippen LogP contribution in [0.5, 0.6) is 0 Å². The Balaban J connectivity index is 1.88. The molecule has 2 rings (SSSR count). The molecule has 1 aromatic rings. The van der Waals surface area contributed by atoms with Crippen LogP contribution in [0.2, 0.25) is 0 Å². The average molecular weight is 347 g/mol. The Hall–Kier alpha value is -1.92. The van der Waals surface area contributed by atoms with Crippen LogP contribution in [-0.4, -0.2) is 57.6 Å². The number of rotatable bonds is 8. The first-order valence-corrected chi connectivity index (χ1v) is 8.76. The maximum atomic E-state index is 12.4. The second kappa shape index (κ2) is 8.97. The zero-order valence-electron chi connectivity index (χ0n) is 15.4. The number of amides is 2. The molecule has 6 nitrogen and oxygen atoms in total. The molecule has 25 heavy (non-hydrogen) atoms. The van der Waals surface area contributed by atoms with Crippen molar-refractivity contribution >= 4 is 17.5 Å². The standard InChI is InChI=1S/C19H29N3O3/c1-22(2)12-17(23)21-16-8-6-15(7-9-16)18(24)20-13-19(14-25-3)10-4-5-11-19/h6-9H,4-5,10-14H2,1-3H3,(H,20,24)(H,21,23). The predicted octanol–water partition coefficient (Wildman–Crippen LogP) is 2.12. The molecule has 2 N–H and O–H groups in total. The summed E-state index contributed by atoms with van der Waals surface area (Å²) >= 11 is 0. The third-order valence-corrected chi connectivity index (χ3v) is 4.63. The second-order valence-electron chi connectivity index (χ2n) is 7.19. The Kier molecular flexibility index (Phi) is 6.96. The Morgan fingerprint density at radius 1 is 1.16 bits per heavy atom. The van der Waals surface area contributed by atoms with Gasteiger partial charge in [-0.1, -0.05) is 12.8 Å². The van der Waals surface area contributed by atoms with Gasteiger partial charge in [-0.25, -0.2) is 0 Å². The zero-order valence-corrected chi connectivity index (χ0v) is 15.4. The van der Waals surface area contributed by atoms with Gasteiger partial charge in [0.05, 0.1) is 13.2 Å². The monoisotopic (exact) mass is 347 g/mol. The lowest BCUT2D eigenvalue weighted by Gasteiger charge is -2.28. The van der Waals surface area contributed by atoms with Crippen LogP contribution < -0.4 is 10.6 Å². The summed E-state index contributed by atoms with van der Waals surface area (Å²) in [5.41, 5.74) is 1.36. The van der Waals surface area contributed by atoms with E-state index in [1.54, 1.807) is 36.3 Å². The number of anilines is 1. The molecule has 1 aliphatic rings. The zero-order chi connectivity index (χ0) is 18.3. The molecule has 0 heterocycles. The highest BCUT2D eigenvalue weighted by molar-refractivity contribution is 5.96. The molecule has 0 saturated heterocycles. The van der Waals surface area contributed by atoms with E-state index in [1.807, 2.05) is 14.1 Å². The fraction of sp³-hybridized carbons (Fsp3) is 0.579. The molecule has 0 atom stereocenters. The summed E-state index contributed by atoms with van der Waals surface area (Å²) in [6.07, 6.45) is 4.58. The summed E-state index contributed by atoms with van der Waals surface area (Å²) in [6, 6.07) is 6.97. The van der Waals surface area contributed by atoms with Crippen molar-refractivity contribution < 1.29 is 14.3 Å².